The number of rotatable bonds is 9. The number of allylic oxidation sites excluding steroid dienone is 1. The molecule has 3 aromatic carbocycles. The zero-order chi connectivity index (χ0) is 29.8. The van der Waals surface area contributed by atoms with Gasteiger partial charge in [-0.05, 0) is 81.7 Å². The van der Waals surface area contributed by atoms with Gasteiger partial charge in [0.15, 0.2) is 4.80 Å². The van der Waals surface area contributed by atoms with Crippen LogP contribution in [0.2, 0.25) is 0 Å². The lowest BCUT2D eigenvalue weighted by atomic mass is 9.96. The summed E-state index contributed by atoms with van der Waals surface area (Å²) in [4.78, 5) is 32.4. The van der Waals surface area contributed by atoms with Gasteiger partial charge in [-0.15, -0.1) is 0 Å². The second-order valence-corrected chi connectivity index (χ2v) is 11.4. The highest BCUT2D eigenvalue weighted by molar-refractivity contribution is 7.07. The van der Waals surface area contributed by atoms with Gasteiger partial charge in [0.1, 0.15) is 18.1 Å². The summed E-state index contributed by atoms with van der Waals surface area (Å²) in [5, 5.41) is 0. The molecule has 1 atom stereocenters. The molecule has 0 aliphatic carbocycles. The van der Waals surface area contributed by atoms with Gasteiger partial charge in [0.25, 0.3) is 5.56 Å². The molecule has 8 heteroatoms. The minimum Gasteiger partial charge on any atom is -0.494 e. The third kappa shape index (κ3) is 6.39. The number of aryl methyl sites for hydroxylation is 1. The van der Waals surface area contributed by atoms with Gasteiger partial charge < -0.3 is 14.2 Å². The number of ether oxygens (including phenoxy) is 3. The molecule has 7 nitrogen and oxygen atoms in total. The van der Waals surface area contributed by atoms with Crippen LogP contribution in [-0.4, -0.2) is 23.2 Å². The van der Waals surface area contributed by atoms with E-state index in [0.29, 0.717) is 39.6 Å². The number of benzene rings is 3. The van der Waals surface area contributed by atoms with Crippen LogP contribution < -0.4 is 24.4 Å². The van der Waals surface area contributed by atoms with E-state index in [9.17, 15) is 9.59 Å². The van der Waals surface area contributed by atoms with E-state index in [1.807, 2.05) is 61.5 Å². The van der Waals surface area contributed by atoms with E-state index in [4.69, 9.17) is 14.2 Å². The molecule has 0 amide bonds. The fourth-order valence-corrected chi connectivity index (χ4v) is 5.80. The van der Waals surface area contributed by atoms with Crippen LogP contribution in [0.25, 0.3) is 6.08 Å². The number of aromatic nitrogens is 1. The molecule has 0 unspecified atom stereocenters. The zero-order valence-electron chi connectivity index (χ0n) is 24.4. The van der Waals surface area contributed by atoms with Crippen LogP contribution in [0.1, 0.15) is 56.0 Å². The quantitative estimate of drug-likeness (QED) is 0.245. The molecule has 0 spiro atoms. The van der Waals surface area contributed by atoms with Crippen molar-refractivity contribution >= 4 is 23.4 Å². The Morgan fingerprint density at radius 3 is 2.24 bits per heavy atom. The summed E-state index contributed by atoms with van der Waals surface area (Å²) in [6.07, 6.45) is 1.53. The maximum Gasteiger partial charge on any atom is 0.338 e. The van der Waals surface area contributed by atoms with Gasteiger partial charge in [0.2, 0.25) is 0 Å². The van der Waals surface area contributed by atoms with Crippen molar-refractivity contribution in [2.24, 2.45) is 4.99 Å². The SMILES string of the molecule is CCOc1ccc([C@H]2C(C(=O)OC(C)C)=C(C)N=c3s/c(=C/c4ccc(OCc5ccc(C)cc5)cc4)c(=O)n32)cc1. The molecular formula is C34H34N2O5S. The van der Waals surface area contributed by atoms with E-state index in [0.717, 1.165) is 22.4 Å². The number of hydrogen-bond acceptors (Lipinski definition) is 7. The minimum atomic E-state index is -0.678. The number of fused-ring (bicyclic) bond motifs is 1. The predicted molar refractivity (Wildman–Crippen MR) is 165 cm³/mol. The van der Waals surface area contributed by atoms with Crippen molar-refractivity contribution in [3.05, 3.63) is 126 Å². The lowest BCUT2D eigenvalue weighted by Gasteiger charge is -2.25. The van der Waals surface area contributed by atoms with Crippen molar-refractivity contribution in [2.45, 2.75) is 53.4 Å². The number of nitrogens with zero attached hydrogens (tertiary/aromatic N) is 2. The van der Waals surface area contributed by atoms with Crippen LogP contribution in [0.15, 0.2) is 93.9 Å². The zero-order valence-corrected chi connectivity index (χ0v) is 25.2. The van der Waals surface area contributed by atoms with Gasteiger partial charge in [-0.1, -0.05) is 65.4 Å². The van der Waals surface area contributed by atoms with Crippen LogP contribution in [0.5, 0.6) is 11.5 Å². The number of esters is 1. The molecule has 4 aromatic rings. The molecule has 5 rings (SSSR count). The molecule has 0 fully saturated rings. The molecule has 216 valence electrons. The summed E-state index contributed by atoms with van der Waals surface area (Å²) >= 11 is 1.30. The summed E-state index contributed by atoms with van der Waals surface area (Å²) in [6, 6.07) is 22.6. The third-order valence-corrected chi connectivity index (χ3v) is 7.78. The fraction of sp³-hybridized carbons (Fsp3) is 0.265. The summed E-state index contributed by atoms with van der Waals surface area (Å²) in [7, 11) is 0. The van der Waals surface area contributed by atoms with Gasteiger partial charge in [0, 0.05) is 0 Å². The van der Waals surface area contributed by atoms with Crippen LogP contribution >= 0.6 is 11.3 Å². The van der Waals surface area contributed by atoms with Gasteiger partial charge >= 0.3 is 5.97 Å². The van der Waals surface area contributed by atoms with Gasteiger partial charge in [0.05, 0.1) is 34.6 Å². The Bertz CT molecular complexity index is 1780. The highest BCUT2D eigenvalue weighted by Gasteiger charge is 2.33. The first-order valence-corrected chi connectivity index (χ1v) is 14.8. The number of hydrogen-bond donors (Lipinski definition) is 0. The van der Waals surface area contributed by atoms with E-state index in [1.165, 1.54) is 16.9 Å². The molecule has 0 radical (unpaired) electrons. The van der Waals surface area contributed by atoms with E-state index in [-0.39, 0.29) is 11.7 Å². The molecule has 1 aliphatic heterocycles. The first kappa shape index (κ1) is 29.1. The van der Waals surface area contributed by atoms with Gasteiger partial charge in [-0.25, -0.2) is 9.79 Å². The normalized spacial score (nSPS) is 14.9. The summed E-state index contributed by atoms with van der Waals surface area (Å²) < 4.78 is 19.2. The Morgan fingerprint density at radius 1 is 0.952 bits per heavy atom. The highest BCUT2D eigenvalue weighted by atomic mass is 32.1. The summed E-state index contributed by atoms with van der Waals surface area (Å²) in [5.41, 5.74) is 4.59. The molecule has 0 saturated heterocycles. The number of carbonyl (C=O) groups excluding carboxylic acids is 1. The van der Waals surface area contributed by atoms with E-state index < -0.39 is 12.0 Å². The van der Waals surface area contributed by atoms with Crippen LogP contribution in [0.4, 0.5) is 0 Å². The highest BCUT2D eigenvalue weighted by Crippen LogP contribution is 2.32. The van der Waals surface area contributed by atoms with Crippen LogP contribution in [-0.2, 0) is 16.1 Å². The Hall–Kier alpha value is -4.43. The van der Waals surface area contributed by atoms with Crippen molar-refractivity contribution < 1.29 is 19.0 Å². The van der Waals surface area contributed by atoms with E-state index in [2.05, 4.69) is 36.2 Å². The molecule has 0 bridgehead atoms. The van der Waals surface area contributed by atoms with Crippen molar-refractivity contribution in [2.75, 3.05) is 6.61 Å². The molecule has 0 N–H and O–H groups in total. The molecular weight excluding hydrogens is 548 g/mol. The summed E-state index contributed by atoms with van der Waals surface area (Å²) in [6.45, 7) is 10.4. The second kappa shape index (κ2) is 12.6. The topological polar surface area (TPSA) is 79.1 Å². The molecule has 2 heterocycles. The first-order valence-electron chi connectivity index (χ1n) is 14.0. The Labute approximate surface area is 249 Å². The summed E-state index contributed by atoms with van der Waals surface area (Å²) in [5.74, 6) is 0.973. The average molecular weight is 583 g/mol. The van der Waals surface area contributed by atoms with Gasteiger partial charge in [-0.3, -0.25) is 9.36 Å². The van der Waals surface area contributed by atoms with Crippen molar-refractivity contribution in [1.82, 2.24) is 4.57 Å². The van der Waals surface area contributed by atoms with Crippen molar-refractivity contribution in [3.8, 4) is 11.5 Å². The van der Waals surface area contributed by atoms with E-state index >= 15 is 0 Å². The maximum atomic E-state index is 13.9. The maximum absolute atomic E-state index is 13.9. The van der Waals surface area contributed by atoms with Gasteiger partial charge in [-0.2, -0.15) is 0 Å². The van der Waals surface area contributed by atoms with Crippen LogP contribution in [0.3, 0.4) is 0 Å². The predicted octanol–water partition coefficient (Wildman–Crippen LogP) is 5.47. The van der Waals surface area contributed by atoms with E-state index in [1.54, 1.807) is 25.3 Å². The molecule has 0 saturated carbocycles. The Balaban J connectivity index is 1.49. The standard InChI is InChI=1S/C34H34N2O5S/c1-6-39-27-17-13-26(14-18-27)31-30(33(38)41-21(2)3)23(5)35-34-36(31)32(37)29(42-34)19-24-11-15-28(16-12-24)40-20-25-9-7-22(4)8-10-25/h7-19,21,31H,6,20H2,1-5H3/b29-19+/t31-/m0/s1. The van der Waals surface area contributed by atoms with Crippen LogP contribution in [0, 0.1) is 6.92 Å². The Morgan fingerprint density at radius 2 is 1.60 bits per heavy atom. The molecule has 42 heavy (non-hydrogen) atoms. The minimum absolute atomic E-state index is 0.223. The first-order chi connectivity index (χ1) is 20.2. The lowest BCUT2D eigenvalue weighted by molar-refractivity contribution is -0.143. The number of carbonyl (C=O) groups is 1. The second-order valence-electron chi connectivity index (χ2n) is 10.4. The number of thiazole rings is 1. The molecule has 1 aliphatic rings. The largest absolute Gasteiger partial charge is 0.494 e. The smallest absolute Gasteiger partial charge is 0.338 e. The average Bonchev–Trinajstić information content (AvgIpc) is 3.27. The lowest BCUT2D eigenvalue weighted by Crippen LogP contribution is -2.40. The van der Waals surface area contributed by atoms with Crippen molar-refractivity contribution in [3.63, 3.8) is 0 Å². The third-order valence-electron chi connectivity index (χ3n) is 6.80. The molecule has 1 aromatic heterocycles. The fourth-order valence-electron chi connectivity index (χ4n) is 4.75. The monoisotopic (exact) mass is 582 g/mol. The Kier molecular flexibility index (Phi) is 8.73. The van der Waals surface area contributed by atoms with Crippen molar-refractivity contribution in [1.29, 1.82) is 0 Å².